The Morgan fingerprint density at radius 2 is 2.25 bits per heavy atom. The van der Waals surface area contributed by atoms with E-state index in [4.69, 9.17) is 5.11 Å². The molecule has 0 aromatic carbocycles. The van der Waals surface area contributed by atoms with Crippen LogP contribution in [0.4, 0.5) is 0 Å². The van der Waals surface area contributed by atoms with Crippen LogP contribution in [-0.2, 0) is 11.3 Å². The third-order valence-electron chi connectivity index (χ3n) is 3.12. The van der Waals surface area contributed by atoms with Crippen LogP contribution in [0.5, 0.6) is 0 Å². The number of hydrogen-bond acceptors (Lipinski definition) is 4. The van der Waals surface area contributed by atoms with Gasteiger partial charge in [-0.05, 0) is 17.5 Å². The van der Waals surface area contributed by atoms with Crippen molar-refractivity contribution in [2.75, 3.05) is 0 Å². The van der Waals surface area contributed by atoms with Crippen molar-refractivity contribution in [2.45, 2.75) is 26.3 Å². The molecule has 3 heterocycles. The number of nitrogens with zero attached hydrogens (tertiary/aromatic N) is 3. The first kappa shape index (κ1) is 12.9. The fraction of sp³-hybridized carbons (Fsp3) is 0.308. The van der Waals surface area contributed by atoms with Crippen molar-refractivity contribution in [3.63, 3.8) is 0 Å². The molecule has 104 valence electrons. The minimum absolute atomic E-state index is 0.0795. The van der Waals surface area contributed by atoms with Crippen molar-refractivity contribution in [3.8, 4) is 0 Å². The average molecular weight is 291 g/mol. The molecule has 3 aromatic heterocycles. The van der Waals surface area contributed by atoms with E-state index in [0.717, 1.165) is 14.9 Å². The third kappa shape index (κ3) is 1.82. The highest BCUT2D eigenvalue weighted by Gasteiger charge is 2.17. The summed E-state index contributed by atoms with van der Waals surface area (Å²) in [6.45, 7) is 3.52. The lowest BCUT2D eigenvalue weighted by Gasteiger charge is -2.11. The highest BCUT2D eigenvalue weighted by Crippen LogP contribution is 2.26. The van der Waals surface area contributed by atoms with Crippen molar-refractivity contribution < 1.29 is 9.90 Å². The molecule has 0 radical (unpaired) electrons. The molecule has 3 aromatic rings. The molecule has 0 amide bonds. The third-order valence-corrected chi connectivity index (χ3v) is 4.03. The molecule has 6 nitrogen and oxygen atoms in total. The maximum atomic E-state index is 12.3. The highest BCUT2D eigenvalue weighted by molar-refractivity contribution is 7.16. The van der Waals surface area contributed by atoms with Crippen molar-refractivity contribution in [1.29, 1.82) is 0 Å². The molecular weight excluding hydrogens is 278 g/mol. The molecule has 3 rings (SSSR count). The second kappa shape index (κ2) is 4.45. The summed E-state index contributed by atoms with van der Waals surface area (Å²) in [6.07, 6.45) is 0. The number of carboxylic acids is 1. The van der Waals surface area contributed by atoms with E-state index in [1.807, 2.05) is 29.7 Å². The summed E-state index contributed by atoms with van der Waals surface area (Å²) in [4.78, 5) is 24.2. The van der Waals surface area contributed by atoms with E-state index in [1.54, 1.807) is 17.4 Å². The molecule has 7 heteroatoms. The minimum atomic E-state index is -1.08. The normalized spacial score (nSPS) is 11.8. The minimum Gasteiger partial charge on any atom is -0.480 e. The molecule has 0 aliphatic carbocycles. The van der Waals surface area contributed by atoms with E-state index in [9.17, 15) is 9.59 Å². The first-order valence-electron chi connectivity index (χ1n) is 6.20. The van der Waals surface area contributed by atoms with Gasteiger partial charge < -0.3 is 5.11 Å². The number of aliphatic carboxylic acids is 1. The van der Waals surface area contributed by atoms with Crippen molar-refractivity contribution in [2.24, 2.45) is 0 Å². The highest BCUT2D eigenvalue weighted by atomic mass is 32.1. The Balaban J connectivity index is 2.44. The molecule has 0 fully saturated rings. The molecule has 0 aliphatic heterocycles. The van der Waals surface area contributed by atoms with E-state index < -0.39 is 12.5 Å². The lowest BCUT2D eigenvalue weighted by Crippen LogP contribution is -2.30. The molecule has 0 saturated heterocycles. The second-order valence-electron chi connectivity index (χ2n) is 4.92. The molecule has 0 bridgehead atoms. The van der Waals surface area contributed by atoms with E-state index in [2.05, 4.69) is 5.10 Å². The number of hydrogen-bond donors (Lipinski definition) is 1. The number of rotatable bonds is 3. The van der Waals surface area contributed by atoms with Gasteiger partial charge in [-0.1, -0.05) is 13.8 Å². The number of carbonyl (C=O) groups is 1. The van der Waals surface area contributed by atoms with Crippen LogP contribution in [0.1, 0.15) is 25.6 Å². The first-order valence-corrected chi connectivity index (χ1v) is 7.08. The number of aromatic nitrogens is 3. The average Bonchev–Trinajstić information content (AvgIpc) is 2.92. The van der Waals surface area contributed by atoms with Crippen LogP contribution < -0.4 is 5.56 Å². The molecule has 1 N–H and O–H groups in total. The summed E-state index contributed by atoms with van der Waals surface area (Å²) in [5.41, 5.74) is 0.104. The molecule has 0 atom stereocenters. The van der Waals surface area contributed by atoms with Crippen molar-refractivity contribution >= 4 is 33.0 Å². The zero-order valence-corrected chi connectivity index (χ0v) is 11.8. The summed E-state index contributed by atoms with van der Waals surface area (Å²) < 4.78 is 2.86. The summed E-state index contributed by atoms with van der Waals surface area (Å²) in [5.74, 6) is -0.304. The predicted molar refractivity (Wildman–Crippen MR) is 76.6 cm³/mol. The Morgan fingerprint density at radius 3 is 2.90 bits per heavy atom. The summed E-state index contributed by atoms with van der Waals surface area (Å²) in [5, 5.41) is 16.1. The number of carboxylic acid groups (broad SMARTS) is 1. The Hall–Kier alpha value is -2.15. The first-order chi connectivity index (χ1) is 9.49. The van der Waals surface area contributed by atoms with Crippen LogP contribution in [0.15, 0.2) is 22.3 Å². The molecule has 0 aliphatic rings. The largest absolute Gasteiger partial charge is 0.480 e. The Labute approximate surface area is 117 Å². The summed E-state index contributed by atoms with van der Waals surface area (Å²) >= 11 is 1.54. The van der Waals surface area contributed by atoms with Gasteiger partial charge in [-0.3, -0.25) is 14.0 Å². The maximum Gasteiger partial charge on any atom is 0.325 e. The molecular formula is C13H13N3O3S. The quantitative estimate of drug-likeness (QED) is 0.800. The fourth-order valence-electron chi connectivity index (χ4n) is 2.26. The van der Waals surface area contributed by atoms with Crippen LogP contribution in [0, 0.1) is 0 Å². The van der Waals surface area contributed by atoms with Gasteiger partial charge in [-0.25, -0.2) is 4.68 Å². The van der Waals surface area contributed by atoms with Crippen molar-refractivity contribution in [1.82, 2.24) is 14.2 Å². The van der Waals surface area contributed by atoms with Gasteiger partial charge in [0.25, 0.3) is 5.56 Å². The van der Waals surface area contributed by atoms with E-state index >= 15 is 0 Å². The molecule has 0 spiro atoms. The van der Waals surface area contributed by atoms with Gasteiger partial charge in [0.15, 0.2) is 0 Å². The molecule has 0 unspecified atom stereocenters. The van der Waals surface area contributed by atoms with Crippen LogP contribution in [0.25, 0.3) is 15.7 Å². The monoisotopic (exact) mass is 291 g/mol. The van der Waals surface area contributed by atoms with Crippen molar-refractivity contribution in [3.05, 3.63) is 33.7 Å². The Morgan fingerprint density at radius 1 is 1.50 bits per heavy atom. The van der Waals surface area contributed by atoms with E-state index in [1.165, 1.54) is 0 Å². The van der Waals surface area contributed by atoms with E-state index in [-0.39, 0.29) is 11.5 Å². The van der Waals surface area contributed by atoms with Gasteiger partial charge in [0, 0.05) is 11.3 Å². The summed E-state index contributed by atoms with van der Waals surface area (Å²) in [7, 11) is 0. The van der Waals surface area contributed by atoms with Gasteiger partial charge in [-0.2, -0.15) is 5.10 Å². The molecule has 0 saturated carbocycles. The Kier molecular flexibility index (Phi) is 2.86. The standard InChI is InChI=1S/C13H13N3O3S/c1-7(2)11-14-15(6-10(17)18)12(19)9-5-8-3-4-20-13(8)16(9)11/h3-5,7H,6H2,1-2H3,(H,17,18). The maximum absolute atomic E-state index is 12.3. The smallest absolute Gasteiger partial charge is 0.325 e. The zero-order chi connectivity index (χ0) is 14.4. The lowest BCUT2D eigenvalue weighted by atomic mass is 10.2. The lowest BCUT2D eigenvalue weighted by molar-refractivity contribution is -0.138. The number of thiophene rings is 1. The van der Waals surface area contributed by atoms with Gasteiger partial charge in [0.1, 0.15) is 22.7 Å². The van der Waals surface area contributed by atoms with Crippen LogP contribution in [0.2, 0.25) is 0 Å². The second-order valence-corrected chi connectivity index (χ2v) is 5.81. The zero-order valence-electron chi connectivity index (χ0n) is 11.0. The summed E-state index contributed by atoms with van der Waals surface area (Å²) in [6, 6.07) is 3.73. The van der Waals surface area contributed by atoms with Gasteiger partial charge in [0.05, 0.1) is 0 Å². The molecule has 20 heavy (non-hydrogen) atoms. The van der Waals surface area contributed by atoms with E-state index in [0.29, 0.717) is 11.3 Å². The van der Waals surface area contributed by atoms with Gasteiger partial charge >= 0.3 is 5.97 Å². The number of fused-ring (bicyclic) bond motifs is 3. The van der Waals surface area contributed by atoms with Crippen LogP contribution >= 0.6 is 11.3 Å². The van der Waals surface area contributed by atoms with Crippen LogP contribution in [-0.4, -0.2) is 25.3 Å². The van der Waals surface area contributed by atoms with Gasteiger partial charge in [0.2, 0.25) is 0 Å². The Bertz CT molecular complexity index is 872. The SMILES string of the molecule is CC(C)c1nn(CC(=O)O)c(=O)c2cc3ccsc3n12. The van der Waals surface area contributed by atoms with Crippen LogP contribution in [0.3, 0.4) is 0 Å². The predicted octanol–water partition coefficient (Wildman–Crippen LogP) is 1.92. The fourth-order valence-corrected chi connectivity index (χ4v) is 3.17. The van der Waals surface area contributed by atoms with Gasteiger partial charge in [-0.15, -0.1) is 11.3 Å². The topological polar surface area (TPSA) is 76.6 Å².